The monoisotopic (exact) mass is 261 g/mol. The summed E-state index contributed by atoms with van der Waals surface area (Å²) in [5, 5.41) is 3.51. The number of nitrogens with one attached hydrogen (secondary N) is 2. The van der Waals surface area contributed by atoms with Crippen LogP contribution in [0.4, 0.5) is 0 Å². The van der Waals surface area contributed by atoms with Gasteiger partial charge in [0.25, 0.3) is 10.2 Å². The van der Waals surface area contributed by atoms with Crippen molar-refractivity contribution in [3.8, 4) is 0 Å². The molecule has 2 saturated heterocycles. The Hall–Kier alpha value is -0.170. The lowest BCUT2D eigenvalue weighted by Gasteiger charge is -2.31. The first kappa shape index (κ1) is 13.3. The highest BCUT2D eigenvalue weighted by Crippen LogP contribution is 2.27. The van der Waals surface area contributed by atoms with Gasteiger partial charge in [-0.2, -0.15) is 17.4 Å². The van der Waals surface area contributed by atoms with E-state index in [0.717, 1.165) is 12.8 Å². The predicted molar refractivity (Wildman–Crippen MR) is 67.9 cm³/mol. The molecule has 6 heteroatoms. The van der Waals surface area contributed by atoms with Crippen LogP contribution in [-0.2, 0) is 10.2 Å². The first-order chi connectivity index (χ1) is 7.88. The standard InChI is InChI=1S/C11H23N3O2S/c1-8(2)14(3)17(15,16)13-11-6-9-4-5-10(7-11)12-9/h8-13H,4-7H2,1-3H3. The molecule has 2 unspecified atom stereocenters. The van der Waals surface area contributed by atoms with Crippen molar-refractivity contribution in [1.82, 2.24) is 14.3 Å². The van der Waals surface area contributed by atoms with Gasteiger partial charge in [0, 0.05) is 31.2 Å². The average molecular weight is 261 g/mol. The lowest BCUT2D eigenvalue weighted by molar-refractivity contribution is 0.331. The number of hydrogen-bond acceptors (Lipinski definition) is 3. The molecule has 0 aromatic carbocycles. The molecule has 2 heterocycles. The molecule has 0 saturated carbocycles. The van der Waals surface area contributed by atoms with Gasteiger partial charge in [-0.25, -0.2) is 0 Å². The summed E-state index contributed by atoms with van der Waals surface area (Å²) in [4.78, 5) is 0. The second-order valence-corrected chi connectivity index (χ2v) is 7.30. The van der Waals surface area contributed by atoms with Gasteiger partial charge in [0.15, 0.2) is 0 Å². The normalized spacial score (nSPS) is 33.6. The van der Waals surface area contributed by atoms with E-state index in [1.54, 1.807) is 7.05 Å². The van der Waals surface area contributed by atoms with Gasteiger partial charge >= 0.3 is 0 Å². The highest BCUT2D eigenvalue weighted by Gasteiger charge is 2.36. The number of fused-ring (bicyclic) bond motifs is 2. The van der Waals surface area contributed by atoms with E-state index in [0.29, 0.717) is 12.1 Å². The van der Waals surface area contributed by atoms with Crippen molar-refractivity contribution in [2.45, 2.75) is 63.7 Å². The fraction of sp³-hybridized carbons (Fsp3) is 1.00. The van der Waals surface area contributed by atoms with Crippen LogP contribution >= 0.6 is 0 Å². The minimum Gasteiger partial charge on any atom is -0.311 e. The average Bonchev–Trinajstić information content (AvgIpc) is 2.56. The van der Waals surface area contributed by atoms with Crippen LogP contribution in [0, 0.1) is 0 Å². The first-order valence-electron chi connectivity index (χ1n) is 6.40. The molecule has 2 atom stereocenters. The van der Waals surface area contributed by atoms with Crippen molar-refractivity contribution in [2.24, 2.45) is 0 Å². The molecule has 5 nitrogen and oxygen atoms in total. The Morgan fingerprint density at radius 2 is 1.76 bits per heavy atom. The summed E-state index contributed by atoms with van der Waals surface area (Å²) in [5.41, 5.74) is 0. The smallest absolute Gasteiger partial charge is 0.279 e. The van der Waals surface area contributed by atoms with E-state index in [-0.39, 0.29) is 12.1 Å². The van der Waals surface area contributed by atoms with Crippen molar-refractivity contribution < 1.29 is 8.42 Å². The zero-order chi connectivity index (χ0) is 12.6. The summed E-state index contributed by atoms with van der Waals surface area (Å²) in [6.45, 7) is 3.76. The Morgan fingerprint density at radius 3 is 2.24 bits per heavy atom. The molecule has 2 fully saturated rings. The van der Waals surface area contributed by atoms with Gasteiger partial charge < -0.3 is 5.32 Å². The SMILES string of the molecule is CC(C)N(C)S(=O)(=O)NC1CC2CCC(C1)N2. The summed E-state index contributed by atoms with van der Waals surface area (Å²) >= 11 is 0. The molecule has 0 amide bonds. The Balaban J connectivity index is 1.97. The quantitative estimate of drug-likeness (QED) is 0.772. The molecule has 0 spiro atoms. The van der Waals surface area contributed by atoms with Gasteiger partial charge in [-0.15, -0.1) is 0 Å². The fourth-order valence-electron chi connectivity index (χ4n) is 2.72. The molecular weight excluding hydrogens is 238 g/mol. The summed E-state index contributed by atoms with van der Waals surface area (Å²) in [5.74, 6) is 0. The van der Waals surface area contributed by atoms with E-state index in [4.69, 9.17) is 0 Å². The maximum Gasteiger partial charge on any atom is 0.279 e. The summed E-state index contributed by atoms with van der Waals surface area (Å²) in [6.07, 6.45) is 4.20. The van der Waals surface area contributed by atoms with Crippen LogP contribution in [0.15, 0.2) is 0 Å². The van der Waals surface area contributed by atoms with E-state index in [2.05, 4.69) is 10.0 Å². The minimum atomic E-state index is -3.32. The van der Waals surface area contributed by atoms with Gasteiger partial charge in [-0.1, -0.05) is 0 Å². The molecule has 2 bridgehead atoms. The molecule has 0 aromatic rings. The lowest BCUT2D eigenvalue weighted by Crippen LogP contribution is -2.52. The highest BCUT2D eigenvalue weighted by molar-refractivity contribution is 7.87. The molecule has 100 valence electrons. The Morgan fingerprint density at radius 1 is 1.24 bits per heavy atom. The third-order valence-corrected chi connectivity index (χ3v) is 5.71. The second kappa shape index (κ2) is 4.84. The number of rotatable bonds is 4. The highest BCUT2D eigenvalue weighted by atomic mass is 32.2. The molecule has 2 aliphatic rings. The molecule has 2 N–H and O–H groups in total. The summed E-state index contributed by atoms with van der Waals surface area (Å²) in [7, 11) is -1.70. The van der Waals surface area contributed by atoms with E-state index in [1.807, 2.05) is 13.8 Å². The maximum atomic E-state index is 12.1. The Labute approximate surface area is 104 Å². The Bertz CT molecular complexity index is 357. The van der Waals surface area contributed by atoms with Gasteiger partial charge in [0.2, 0.25) is 0 Å². The molecule has 17 heavy (non-hydrogen) atoms. The van der Waals surface area contributed by atoms with Crippen LogP contribution in [0.3, 0.4) is 0 Å². The van der Waals surface area contributed by atoms with Crippen LogP contribution in [0.5, 0.6) is 0 Å². The van der Waals surface area contributed by atoms with E-state index in [9.17, 15) is 8.42 Å². The van der Waals surface area contributed by atoms with Crippen LogP contribution < -0.4 is 10.0 Å². The number of hydrogen-bond donors (Lipinski definition) is 2. The zero-order valence-corrected chi connectivity index (χ0v) is 11.6. The largest absolute Gasteiger partial charge is 0.311 e. The predicted octanol–water partition coefficient (Wildman–Crippen LogP) is 0.444. The van der Waals surface area contributed by atoms with Crippen molar-refractivity contribution >= 4 is 10.2 Å². The van der Waals surface area contributed by atoms with Crippen LogP contribution in [0.2, 0.25) is 0 Å². The topological polar surface area (TPSA) is 61.4 Å². The summed E-state index contributed by atoms with van der Waals surface area (Å²) < 4.78 is 28.4. The second-order valence-electron chi connectivity index (χ2n) is 5.54. The number of piperidine rings is 1. The van der Waals surface area contributed by atoms with Crippen molar-refractivity contribution in [2.75, 3.05) is 7.05 Å². The van der Waals surface area contributed by atoms with Crippen LogP contribution in [0.25, 0.3) is 0 Å². The van der Waals surface area contributed by atoms with E-state index < -0.39 is 10.2 Å². The third-order valence-electron chi connectivity index (χ3n) is 3.90. The minimum absolute atomic E-state index is 0.00839. The van der Waals surface area contributed by atoms with E-state index >= 15 is 0 Å². The zero-order valence-electron chi connectivity index (χ0n) is 10.8. The molecule has 0 radical (unpaired) electrons. The van der Waals surface area contributed by atoms with Crippen LogP contribution in [0.1, 0.15) is 39.5 Å². The number of nitrogens with zero attached hydrogens (tertiary/aromatic N) is 1. The van der Waals surface area contributed by atoms with Crippen molar-refractivity contribution in [3.63, 3.8) is 0 Å². The molecule has 0 aromatic heterocycles. The lowest BCUT2D eigenvalue weighted by atomic mass is 10.0. The van der Waals surface area contributed by atoms with Gasteiger partial charge in [0.05, 0.1) is 0 Å². The Kier molecular flexibility index (Phi) is 3.77. The fourth-order valence-corrected chi connectivity index (χ4v) is 4.06. The van der Waals surface area contributed by atoms with E-state index in [1.165, 1.54) is 17.1 Å². The summed E-state index contributed by atoms with van der Waals surface area (Å²) in [6, 6.07) is 1.10. The maximum absolute atomic E-state index is 12.1. The molecule has 2 rings (SSSR count). The first-order valence-corrected chi connectivity index (χ1v) is 7.84. The molecular formula is C11H23N3O2S. The molecule has 2 aliphatic heterocycles. The van der Waals surface area contributed by atoms with Gasteiger partial charge in [-0.3, -0.25) is 0 Å². The van der Waals surface area contributed by atoms with Gasteiger partial charge in [-0.05, 0) is 39.5 Å². The van der Waals surface area contributed by atoms with Gasteiger partial charge in [0.1, 0.15) is 0 Å². The van der Waals surface area contributed by atoms with Crippen molar-refractivity contribution in [1.29, 1.82) is 0 Å². The van der Waals surface area contributed by atoms with Crippen molar-refractivity contribution in [3.05, 3.63) is 0 Å². The third kappa shape index (κ3) is 2.99. The molecule has 0 aliphatic carbocycles. The van der Waals surface area contributed by atoms with Crippen LogP contribution in [-0.4, -0.2) is 43.9 Å².